The molecule has 2 aromatic heterocycles. The Bertz CT molecular complexity index is 1400. The number of hydrogen-bond acceptors (Lipinski definition) is 7. The van der Waals surface area contributed by atoms with Crippen LogP contribution in [0.1, 0.15) is 21.7 Å². The van der Waals surface area contributed by atoms with Crippen LogP contribution in [-0.4, -0.2) is 47.3 Å². The molecule has 11 heteroatoms. The predicted molar refractivity (Wildman–Crippen MR) is 122 cm³/mol. The third-order valence-electron chi connectivity index (χ3n) is 5.75. The lowest BCUT2D eigenvalue weighted by Crippen LogP contribution is -2.37. The Morgan fingerprint density at radius 2 is 1.89 bits per heavy atom. The molecule has 0 unspecified atom stereocenters. The van der Waals surface area contributed by atoms with Crippen molar-refractivity contribution in [2.45, 2.75) is 13.1 Å². The molecule has 2 aromatic carbocycles. The van der Waals surface area contributed by atoms with E-state index in [0.717, 1.165) is 6.07 Å². The van der Waals surface area contributed by atoms with Gasteiger partial charge in [0, 0.05) is 41.6 Å². The molecule has 180 valence electrons. The number of rotatable bonds is 4. The summed E-state index contributed by atoms with van der Waals surface area (Å²) >= 11 is 0. The molecule has 5 rings (SSSR count). The molecule has 1 amide bonds. The lowest BCUT2D eigenvalue weighted by atomic mass is 10.1. The maximum absolute atomic E-state index is 13.9. The molecule has 1 fully saturated rings. The quantitative estimate of drug-likeness (QED) is 0.450. The zero-order valence-corrected chi connectivity index (χ0v) is 18.6. The van der Waals surface area contributed by atoms with Crippen LogP contribution in [0.2, 0.25) is 0 Å². The van der Waals surface area contributed by atoms with Gasteiger partial charge in [0.25, 0.3) is 5.91 Å². The Morgan fingerprint density at radius 3 is 2.60 bits per heavy atom. The van der Waals surface area contributed by atoms with Crippen LogP contribution < -0.4 is 10.2 Å². The van der Waals surface area contributed by atoms with Crippen molar-refractivity contribution in [3.8, 4) is 11.4 Å². The van der Waals surface area contributed by atoms with Gasteiger partial charge in [-0.05, 0) is 43.3 Å². The number of ether oxygens (including phenoxy) is 1. The molecule has 1 aliphatic heterocycles. The number of alkyl halides is 3. The molecule has 8 nitrogen and oxygen atoms in total. The fraction of sp³-hybridized carbons (Fsp3) is 0.250. The fourth-order valence-electron chi connectivity index (χ4n) is 3.94. The van der Waals surface area contributed by atoms with Gasteiger partial charge < -0.3 is 19.5 Å². The average Bonchev–Trinajstić information content (AvgIpc) is 3.29. The number of carbonyl (C=O) groups excluding carboxylic acids is 1. The second-order valence-electron chi connectivity index (χ2n) is 8.05. The van der Waals surface area contributed by atoms with Crippen LogP contribution in [0.4, 0.5) is 24.5 Å². The van der Waals surface area contributed by atoms with E-state index < -0.39 is 17.6 Å². The average molecular weight is 483 g/mol. The van der Waals surface area contributed by atoms with E-state index in [9.17, 15) is 18.0 Å². The summed E-state index contributed by atoms with van der Waals surface area (Å²) in [7, 11) is 0. The summed E-state index contributed by atoms with van der Waals surface area (Å²) in [4.78, 5) is 22.9. The lowest BCUT2D eigenvalue weighted by molar-refractivity contribution is -0.137. The number of hydrogen-bond donors (Lipinski definition) is 1. The highest BCUT2D eigenvalue weighted by molar-refractivity contribution is 6.05. The standard InChI is InChI=1S/C24H20F3N5O3/c1-14-18(13-29-35-14)23(33)30-17-4-2-16-12-28-22(31-20(16)11-17)15-3-5-21(19(10-15)24(25,26)27)32-6-8-34-9-7-32/h2-5,10-13H,6-9H2,1H3,(H,30,33). The van der Waals surface area contributed by atoms with Gasteiger partial charge in [0.05, 0.1) is 30.5 Å². The number of nitrogens with one attached hydrogen (secondary N) is 1. The minimum atomic E-state index is -4.54. The normalized spacial score (nSPS) is 14.3. The molecule has 0 spiro atoms. The number of carbonyl (C=O) groups is 1. The maximum Gasteiger partial charge on any atom is 0.418 e. The Kier molecular flexibility index (Phi) is 5.85. The van der Waals surface area contributed by atoms with Gasteiger partial charge in [-0.15, -0.1) is 0 Å². The number of morpholine rings is 1. The molecule has 35 heavy (non-hydrogen) atoms. The van der Waals surface area contributed by atoms with Crippen molar-refractivity contribution >= 4 is 28.2 Å². The zero-order valence-electron chi connectivity index (χ0n) is 18.6. The summed E-state index contributed by atoms with van der Waals surface area (Å²) in [5, 5.41) is 7.01. The van der Waals surface area contributed by atoms with Crippen LogP contribution in [-0.2, 0) is 10.9 Å². The first kappa shape index (κ1) is 22.8. The topological polar surface area (TPSA) is 93.4 Å². The van der Waals surface area contributed by atoms with Gasteiger partial charge >= 0.3 is 6.18 Å². The third-order valence-corrected chi connectivity index (χ3v) is 5.75. The number of aromatic nitrogens is 3. The van der Waals surface area contributed by atoms with Crippen LogP contribution in [0, 0.1) is 6.92 Å². The molecule has 1 N–H and O–H groups in total. The molecule has 0 radical (unpaired) electrons. The number of benzene rings is 2. The Hall–Kier alpha value is -3.99. The molecule has 3 heterocycles. The van der Waals surface area contributed by atoms with Crippen molar-refractivity contribution < 1.29 is 27.2 Å². The summed E-state index contributed by atoms with van der Waals surface area (Å²) in [6.07, 6.45) is -1.68. The van der Waals surface area contributed by atoms with Gasteiger partial charge in [-0.1, -0.05) is 5.16 Å². The van der Waals surface area contributed by atoms with Gasteiger partial charge in [0.15, 0.2) is 5.82 Å². The summed E-state index contributed by atoms with van der Waals surface area (Å²) < 4.78 is 51.9. The number of anilines is 2. The lowest BCUT2D eigenvalue weighted by Gasteiger charge is -2.31. The molecule has 0 saturated carbocycles. The van der Waals surface area contributed by atoms with Gasteiger partial charge in [-0.25, -0.2) is 9.97 Å². The molecular weight excluding hydrogens is 463 g/mol. The Morgan fingerprint density at radius 1 is 1.09 bits per heavy atom. The highest BCUT2D eigenvalue weighted by atomic mass is 19.4. The van der Waals surface area contributed by atoms with Crippen molar-refractivity contribution in [3.63, 3.8) is 0 Å². The maximum atomic E-state index is 13.9. The highest BCUT2D eigenvalue weighted by Crippen LogP contribution is 2.39. The van der Waals surface area contributed by atoms with E-state index in [1.807, 2.05) is 0 Å². The summed E-state index contributed by atoms with van der Waals surface area (Å²) in [6, 6.07) is 9.15. The second-order valence-corrected chi connectivity index (χ2v) is 8.05. The number of nitrogens with zero attached hydrogens (tertiary/aromatic N) is 4. The number of aryl methyl sites for hydroxylation is 1. The molecule has 0 aliphatic carbocycles. The number of amides is 1. The molecule has 4 aromatic rings. The fourth-order valence-corrected chi connectivity index (χ4v) is 3.94. The minimum Gasteiger partial charge on any atom is -0.378 e. The molecule has 0 atom stereocenters. The summed E-state index contributed by atoms with van der Waals surface area (Å²) in [6.45, 7) is 3.15. The Balaban J connectivity index is 1.48. The molecule has 0 bridgehead atoms. The number of halogens is 3. The van der Waals surface area contributed by atoms with Gasteiger partial charge in [-0.2, -0.15) is 13.2 Å². The number of fused-ring (bicyclic) bond motifs is 1. The van der Waals surface area contributed by atoms with E-state index in [1.165, 1.54) is 18.5 Å². The van der Waals surface area contributed by atoms with Crippen molar-refractivity contribution in [2.24, 2.45) is 0 Å². The van der Waals surface area contributed by atoms with Gasteiger partial charge in [0.1, 0.15) is 11.3 Å². The van der Waals surface area contributed by atoms with E-state index in [-0.39, 0.29) is 17.1 Å². The summed E-state index contributed by atoms with van der Waals surface area (Å²) in [5.41, 5.74) is 0.844. The van der Waals surface area contributed by atoms with E-state index in [1.54, 1.807) is 36.1 Å². The first-order valence-corrected chi connectivity index (χ1v) is 10.8. The van der Waals surface area contributed by atoms with Crippen molar-refractivity contribution in [2.75, 3.05) is 36.5 Å². The molecular formula is C24H20F3N5O3. The van der Waals surface area contributed by atoms with Crippen LogP contribution >= 0.6 is 0 Å². The van der Waals surface area contributed by atoms with Crippen LogP contribution in [0.15, 0.2) is 53.3 Å². The van der Waals surface area contributed by atoms with Crippen LogP contribution in [0.3, 0.4) is 0 Å². The van der Waals surface area contributed by atoms with Gasteiger partial charge in [-0.3, -0.25) is 4.79 Å². The Labute approximate surface area is 197 Å². The largest absolute Gasteiger partial charge is 0.418 e. The van der Waals surface area contributed by atoms with E-state index in [4.69, 9.17) is 9.26 Å². The van der Waals surface area contributed by atoms with Crippen molar-refractivity contribution in [1.82, 2.24) is 15.1 Å². The highest BCUT2D eigenvalue weighted by Gasteiger charge is 2.35. The predicted octanol–water partition coefficient (Wildman–Crippen LogP) is 4.70. The summed E-state index contributed by atoms with van der Waals surface area (Å²) in [5.74, 6) is 0.134. The van der Waals surface area contributed by atoms with Crippen LogP contribution in [0.5, 0.6) is 0 Å². The molecule has 1 aliphatic rings. The smallest absolute Gasteiger partial charge is 0.378 e. The first-order valence-electron chi connectivity index (χ1n) is 10.8. The SMILES string of the molecule is Cc1oncc1C(=O)Nc1ccc2cnc(-c3ccc(N4CCOCC4)c(C(F)(F)F)c3)nc2c1. The van der Waals surface area contributed by atoms with Crippen molar-refractivity contribution in [1.29, 1.82) is 0 Å². The van der Waals surface area contributed by atoms with Gasteiger partial charge in [0.2, 0.25) is 0 Å². The van der Waals surface area contributed by atoms with Crippen LogP contribution in [0.25, 0.3) is 22.3 Å². The van der Waals surface area contributed by atoms with E-state index >= 15 is 0 Å². The second kappa shape index (κ2) is 8.99. The van der Waals surface area contributed by atoms with E-state index in [2.05, 4.69) is 20.4 Å². The van der Waals surface area contributed by atoms with Crippen molar-refractivity contribution in [3.05, 3.63) is 65.7 Å². The molecule has 1 saturated heterocycles. The minimum absolute atomic E-state index is 0.111. The third kappa shape index (κ3) is 4.67. The first-order chi connectivity index (χ1) is 16.8. The monoisotopic (exact) mass is 483 g/mol. The van der Waals surface area contributed by atoms with E-state index in [0.29, 0.717) is 54.2 Å². The zero-order chi connectivity index (χ0) is 24.6.